The molecule has 0 bridgehead atoms. The second-order valence-corrected chi connectivity index (χ2v) is 5.77. The smallest absolute Gasteiger partial charge is 0.243 e. The highest BCUT2D eigenvalue weighted by molar-refractivity contribution is 5.86. The van der Waals surface area contributed by atoms with Crippen molar-refractivity contribution >= 4 is 5.91 Å². The Balaban J connectivity index is 2.13. The van der Waals surface area contributed by atoms with Crippen molar-refractivity contribution < 1.29 is 4.79 Å². The van der Waals surface area contributed by atoms with E-state index in [2.05, 4.69) is 50.4 Å². The molecular formula is C17H26N2O. The van der Waals surface area contributed by atoms with Gasteiger partial charge in [-0.05, 0) is 45.2 Å². The van der Waals surface area contributed by atoms with Gasteiger partial charge < -0.3 is 10.2 Å². The lowest BCUT2D eigenvalue weighted by atomic mass is 9.92. The summed E-state index contributed by atoms with van der Waals surface area (Å²) in [6, 6.07) is 8.42. The third kappa shape index (κ3) is 3.04. The van der Waals surface area contributed by atoms with Crippen molar-refractivity contribution in [2.75, 3.05) is 13.1 Å². The van der Waals surface area contributed by atoms with Crippen LogP contribution < -0.4 is 5.32 Å². The number of benzene rings is 1. The van der Waals surface area contributed by atoms with Crippen LogP contribution in [0.2, 0.25) is 0 Å². The summed E-state index contributed by atoms with van der Waals surface area (Å²) in [5.74, 6) is 0.265. The van der Waals surface area contributed by atoms with E-state index in [1.165, 1.54) is 11.1 Å². The molecule has 110 valence electrons. The van der Waals surface area contributed by atoms with Crippen LogP contribution in [0.15, 0.2) is 24.3 Å². The van der Waals surface area contributed by atoms with Crippen LogP contribution in [0.5, 0.6) is 0 Å². The van der Waals surface area contributed by atoms with E-state index >= 15 is 0 Å². The molecule has 1 unspecified atom stereocenters. The maximum absolute atomic E-state index is 12.9. The lowest BCUT2D eigenvalue weighted by molar-refractivity contribution is -0.138. The summed E-state index contributed by atoms with van der Waals surface area (Å²) in [7, 11) is 0. The number of carbonyl (C=O) groups is 1. The Hall–Kier alpha value is -1.35. The zero-order valence-corrected chi connectivity index (χ0v) is 12.9. The lowest BCUT2D eigenvalue weighted by Gasteiger charge is -2.33. The first-order valence-electron chi connectivity index (χ1n) is 7.71. The Morgan fingerprint density at radius 2 is 2.20 bits per heavy atom. The van der Waals surface area contributed by atoms with Gasteiger partial charge in [-0.15, -0.1) is 0 Å². The minimum absolute atomic E-state index is 0.265. The fraction of sp³-hybridized carbons (Fsp3) is 0.588. The number of hydrogen-bond donors (Lipinski definition) is 1. The predicted octanol–water partition coefficient (Wildman–Crippen LogP) is 2.88. The minimum Gasteiger partial charge on any atom is -0.337 e. The molecule has 20 heavy (non-hydrogen) atoms. The molecule has 1 aliphatic heterocycles. The molecule has 0 radical (unpaired) electrons. The van der Waals surface area contributed by atoms with Gasteiger partial charge in [0.15, 0.2) is 0 Å². The van der Waals surface area contributed by atoms with Gasteiger partial charge >= 0.3 is 0 Å². The molecule has 1 heterocycles. The van der Waals surface area contributed by atoms with Crippen LogP contribution in [-0.4, -0.2) is 29.4 Å². The van der Waals surface area contributed by atoms with E-state index in [-0.39, 0.29) is 11.4 Å². The van der Waals surface area contributed by atoms with Gasteiger partial charge in [0.2, 0.25) is 5.91 Å². The normalized spacial score (nSPS) is 21.9. The number of rotatable bonds is 5. The van der Waals surface area contributed by atoms with Crippen molar-refractivity contribution in [3.8, 4) is 0 Å². The topological polar surface area (TPSA) is 32.3 Å². The Morgan fingerprint density at radius 3 is 2.75 bits per heavy atom. The Morgan fingerprint density at radius 1 is 1.40 bits per heavy atom. The number of aryl methyl sites for hydroxylation is 1. The zero-order valence-electron chi connectivity index (χ0n) is 12.9. The maximum Gasteiger partial charge on any atom is 0.243 e. The second kappa shape index (κ2) is 6.40. The van der Waals surface area contributed by atoms with E-state index in [0.717, 1.165) is 32.4 Å². The van der Waals surface area contributed by atoms with Gasteiger partial charge in [-0.25, -0.2) is 0 Å². The molecule has 0 spiro atoms. The van der Waals surface area contributed by atoms with Gasteiger partial charge in [0.25, 0.3) is 0 Å². The van der Waals surface area contributed by atoms with E-state index in [0.29, 0.717) is 6.54 Å². The summed E-state index contributed by atoms with van der Waals surface area (Å²) in [4.78, 5) is 14.9. The molecule has 1 amide bonds. The van der Waals surface area contributed by atoms with Gasteiger partial charge in [-0.3, -0.25) is 4.79 Å². The van der Waals surface area contributed by atoms with Crippen molar-refractivity contribution in [3.05, 3.63) is 35.4 Å². The highest BCUT2D eigenvalue weighted by atomic mass is 16.2. The highest BCUT2D eigenvalue weighted by Crippen LogP contribution is 2.26. The summed E-state index contributed by atoms with van der Waals surface area (Å²) in [6.45, 7) is 8.69. The molecule has 3 heteroatoms. The molecule has 1 N–H and O–H groups in total. The number of nitrogens with one attached hydrogen (secondary N) is 1. The SMILES string of the molecule is CCN(Cc1cccc(C)c1)C(=O)C1(CC)CCCN1. The quantitative estimate of drug-likeness (QED) is 0.895. The largest absolute Gasteiger partial charge is 0.337 e. The number of likely N-dealkylation sites (N-methyl/N-ethyl adjacent to an activating group) is 1. The third-order valence-corrected chi connectivity index (χ3v) is 4.38. The number of carbonyl (C=O) groups excluding carboxylic acids is 1. The van der Waals surface area contributed by atoms with Gasteiger partial charge in [-0.2, -0.15) is 0 Å². The van der Waals surface area contributed by atoms with Crippen molar-refractivity contribution in [1.82, 2.24) is 10.2 Å². The standard InChI is InChI=1S/C17H26N2O/c1-4-17(10-7-11-18-17)16(20)19(5-2)13-15-9-6-8-14(3)12-15/h6,8-9,12,18H,4-5,7,10-11,13H2,1-3H3. The van der Waals surface area contributed by atoms with Crippen LogP contribution >= 0.6 is 0 Å². The molecule has 1 aromatic rings. The molecule has 1 aromatic carbocycles. The Bertz CT molecular complexity index is 464. The van der Waals surface area contributed by atoms with E-state index in [1.807, 2.05) is 4.90 Å². The first-order chi connectivity index (χ1) is 9.61. The average molecular weight is 274 g/mol. The van der Waals surface area contributed by atoms with E-state index < -0.39 is 0 Å². The molecule has 3 nitrogen and oxygen atoms in total. The van der Waals surface area contributed by atoms with Crippen molar-refractivity contribution in [2.24, 2.45) is 0 Å². The molecule has 1 atom stereocenters. The van der Waals surface area contributed by atoms with Crippen molar-refractivity contribution in [2.45, 2.75) is 52.1 Å². The first kappa shape index (κ1) is 15.0. The molecular weight excluding hydrogens is 248 g/mol. The monoisotopic (exact) mass is 274 g/mol. The minimum atomic E-state index is -0.320. The number of hydrogen-bond acceptors (Lipinski definition) is 2. The molecule has 0 aliphatic carbocycles. The maximum atomic E-state index is 12.9. The molecule has 0 aromatic heterocycles. The van der Waals surface area contributed by atoms with Crippen molar-refractivity contribution in [3.63, 3.8) is 0 Å². The molecule has 0 saturated carbocycles. The first-order valence-corrected chi connectivity index (χ1v) is 7.71. The summed E-state index contributed by atoms with van der Waals surface area (Å²) in [5, 5.41) is 3.44. The zero-order chi connectivity index (χ0) is 14.6. The van der Waals surface area contributed by atoms with E-state index in [9.17, 15) is 4.79 Å². The number of nitrogens with zero attached hydrogens (tertiary/aromatic N) is 1. The summed E-state index contributed by atoms with van der Waals surface area (Å²) < 4.78 is 0. The molecule has 2 rings (SSSR count). The fourth-order valence-corrected chi connectivity index (χ4v) is 3.10. The van der Waals surface area contributed by atoms with Crippen molar-refractivity contribution in [1.29, 1.82) is 0 Å². The van der Waals surface area contributed by atoms with Crippen LogP contribution in [0.25, 0.3) is 0 Å². The number of amides is 1. The van der Waals surface area contributed by atoms with Gasteiger partial charge in [0.1, 0.15) is 0 Å². The summed E-state index contributed by atoms with van der Waals surface area (Å²) in [5.41, 5.74) is 2.14. The van der Waals surface area contributed by atoms with Crippen LogP contribution in [0.3, 0.4) is 0 Å². The van der Waals surface area contributed by atoms with Gasteiger partial charge in [0, 0.05) is 13.1 Å². The summed E-state index contributed by atoms with van der Waals surface area (Å²) >= 11 is 0. The molecule has 1 aliphatic rings. The van der Waals surface area contributed by atoms with Crippen LogP contribution in [0.1, 0.15) is 44.2 Å². The van der Waals surface area contributed by atoms with Crippen LogP contribution in [-0.2, 0) is 11.3 Å². The lowest BCUT2D eigenvalue weighted by Crippen LogP contribution is -2.54. The van der Waals surface area contributed by atoms with Gasteiger partial charge in [-0.1, -0.05) is 36.8 Å². The van der Waals surface area contributed by atoms with Gasteiger partial charge in [0.05, 0.1) is 5.54 Å². The predicted molar refractivity (Wildman–Crippen MR) is 82.5 cm³/mol. The van der Waals surface area contributed by atoms with E-state index in [1.54, 1.807) is 0 Å². The molecule has 1 saturated heterocycles. The Kier molecular flexibility index (Phi) is 4.81. The average Bonchev–Trinajstić information content (AvgIpc) is 2.94. The highest BCUT2D eigenvalue weighted by Gasteiger charge is 2.41. The van der Waals surface area contributed by atoms with Crippen LogP contribution in [0.4, 0.5) is 0 Å². The van der Waals surface area contributed by atoms with E-state index in [4.69, 9.17) is 0 Å². The third-order valence-electron chi connectivity index (χ3n) is 4.38. The Labute approximate surface area is 122 Å². The summed E-state index contributed by atoms with van der Waals surface area (Å²) in [6.07, 6.45) is 2.93. The molecule has 1 fully saturated rings. The second-order valence-electron chi connectivity index (χ2n) is 5.77. The van der Waals surface area contributed by atoms with Crippen LogP contribution in [0, 0.1) is 6.92 Å². The fourth-order valence-electron chi connectivity index (χ4n) is 3.10.